The highest BCUT2D eigenvalue weighted by Crippen LogP contribution is 2.30. The molecule has 1 fully saturated rings. The summed E-state index contributed by atoms with van der Waals surface area (Å²) in [6, 6.07) is 20.7. The maximum atomic E-state index is 14.3. The van der Waals surface area contributed by atoms with Crippen LogP contribution in [-0.2, 0) is 0 Å². The van der Waals surface area contributed by atoms with Gasteiger partial charge >= 0.3 is 0 Å². The summed E-state index contributed by atoms with van der Waals surface area (Å²) in [5.41, 5.74) is 1.86. The molecular weight excluding hydrogens is 462 g/mol. The number of carbonyl (C=O) groups excluding carboxylic acids is 1. The SMILES string of the molecule is CC1CN(c2nc3ccccc3c3nnc(-c4ccccc4)n23)CCN1C(=O)c1c(F)cccc1F. The molecular formula is C27H22F2N6O. The first kappa shape index (κ1) is 22.1. The van der Waals surface area contributed by atoms with Gasteiger partial charge in [-0.25, -0.2) is 18.2 Å². The van der Waals surface area contributed by atoms with E-state index in [4.69, 9.17) is 4.98 Å². The van der Waals surface area contributed by atoms with Crippen molar-refractivity contribution in [2.75, 3.05) is 24.5 Å². The third-order valence-electron chi connectivity index (χ3n) is 6.61. The number of hydrogen-bond donors (Lipinski definition) is 0. The largest absolute Gasteiger partial charge is 0.338 e. The predicted octanol–water partition coefficient (Wildman–Crippen LogP) is 4.57. The van der Waals surface area contributed by atoms with E-state index in [1.165, 1.54) is 11.0 Å². The molecule has 2 aromatic heterocycles. The van der Waals surface area contributed by atoms with E-state index in [0.717, 1.165) is 28.6 Å². The zero-order valence-electron chi connectivity index (χ0n) is 19.5. The molecule has 0 N–H and O–H groups in total. The van der Waals surface area contributed by atoms with Crippen LogP contribution in [0.25, 0.3) is 27.9 Å². The fourth-order valence-corrected chi connectivity index (χ4v) is 4.84. The molecule has 180 valence electrons. The van der Waals surface area contributed by atoms with Gasteiger partial charge in [-0.05, 0) is 31.2 Å². The van der Waals surface area contributed by atoms with E-state index in [9.17, 15) is 13.6 Å². The molecule has 0 spiro atoms. The fourth-order valence-electron chi connectivity index (χ4n) is 4.84. The number of nitrogens with zero attached hydrogens (tertiary/aromatic N) is 6. The fraction of sp³-hybridized carbons (Fsp3) is 0.185. The van der Waals surface area contributed by atoms with Crippen molar-refractivity contribution >= 4 is 28.4 Å². The number of piperazine rings is 1. The summed E-state index contributed by atoms with van der Waals surface area (Å²) in [7, 11) is 0. The van der Waals surface area contributed by atoms with E-state index in [1.807, 2.05) is 65.9 Å². The molecule has 1 atom stereocenters. The van der Waals surface area contributed by atoms with Gasteiger partial charge in [-0.3, -0.25) is 4.79 Å². The van der Waals surface area contributed by atoms with Crippen LogP contribution < -0.4 is 4.90 Å². The Bertz CT molecular complexity index is 1580. The number of para-hydroxylation sites is 1. The van der Waals surface area contributed by atoms with Crippen LogP contribution in [-0.4, -0.2) is 56.1 Å². The van der Waals surface area contributed by atoms with Crippen molar-refractivity contribution < 1.29 is 13.6 Å². The van der Waals surface area contributed by atoms with Gasteiger partial charge in [-0.1, -0.05) is 48.5 Å². The number of rotatable bonds is 3. The number of halogens is 2. The minimum Gasteiger partial charge on any atom is -0.338 e. The van der Waals surface area contributed by atoms with Gasteiger partial charge in [-0.2, -0.15) is 0 Å². The molecule has 1 aliphatic heterocycles. The molecule has 1 amide bonds. The van der Waals surface area contributed by atoms with Gasteiger partial charge < -0.3 is 9.80 Å². The van der Waals surface area contributed by atoms with Gasteiger partial charge in [0.25, 0.3) is 5.91 Å². The average molecular weight is 485 g/mol. The zero-order chi connectivity index (χ0) is 24.8. The van der Waals surface area contributed by atoms with Crippen LogP contribution >= 0.6 is 0 Å². The van der Waals surface area contributed by atoms with Gasteiger partial charge in [0, 0.05) is 36.6 Å². The van der Waals surface area contributed by atoms with Crippen LogP contribution in [0.5, 0.6) is 0 Å². The summed E-state index contributed by atoms with van der Waals surface area (Å²) in [5.74, 6) is -1.04. The Labute approximate surface area is 205 Å². The molecule has 1 unspecified atom stereocenters. The van der Waals surface area contributed by atoms with Crippen molar-refractivity contribution in [3.8, 4) is 11.4 Å². The molecule has 6 rings (SSSR count). The van der Waals surface area contributed by atoms with E-state index < -0.39 is 23.1 Å². The molecule has 5 aromatic rings. The van der Waals surface area contributed by atoms with Crippen LogP contribution in [0.4, 0.5) is 14.7 Å². The second-order valence-electron chi connectivity index (χ2n) is 8.87. The number of amides is 1. The highest BCUT2D eigenvalue weighted by molar-refractivity contribution is 5.95. The first-order chi connectivity index (χ1) is 17.5. The van der Waals surface area contributed by atoms with E-state index >= 15 is 0 Å². The Hall–Kier alpha value is -4.40. The summed E-state index contributed by atoms with van der Waals surface area (Å²) >= 11 is 0. The molecule has 3 heterocycles. The van der Waals surface area contributed by atoms with Crippen molar-refractivity contribution in [2.45, 2.75) is 13.0 Å². The predicted molar refractivity (Wildman–Crippen MR) is 133 cm³/mol. The molecule has 0 radical (unpaired) electrons. The summed E-state index contributed by atoms with van der Waals surface area (Å²) in [6.07, 6.45) is 0. The van der Waals surface area contributed by atoms with E-state index in [1.54, 1.807) is 0 Å². The maximum absolute atomic E-state index is 14.3. The first-order valence-corrected chi connectivity index (χ1v) is 11.7. The van der Waals surface area contributed by atoms with Crippen LogP contribution in [0.3, 0.4) is 0 Å². The Balaban J connectivity index is 1.41. The summed E-state index contributed by atoms with van der Waals surface area (Å²) in [5, 5.41) is 9.87. The lowest BCUT2D eigenvalue weighted by atomic mass is 10.1. The normalized spacial score (nSPS) is 16.1. The Morgan fingerprint density at radius 3 is 2.36 bits per heavy atom. The number of aromatic nitrogens is 4. The third-order valence-corrected chi connectivity index (χ3v) is 6.61. The molecule has 1 aliphatic rings. The van der Waals surface area contributed by atoms with Crippen molar-refractivity contribution in [1.82, 2.24) is 24.5 Å². The Morgan fingerprint density at radius 1 is 0.889 bits per heavy atom. The van der Waals surface area contributed by atoms with Crippen LogP contribution in [0, 0.1) is 11.6 Å². The van der Waals surface area contributed by atoms with E-state index in [-0.39, 0.29) is 12.6 Å². The molecule has 9 heteroatoms. The van der Waals surface area contributed by atoms with Crippen LogP contribution in [0.15, 0.2) is 72.8 Å². The Morgan fingerprint density at radius 2 is 1.61 bits per heavy atom. The van der Waals surface area contributed by atoms with Crippen molar-refractivity contribution in [1.29, 1.82) is 0 Å². The quantitative estimate of drug-likeness (QED) is 0.375. The van der Waals surface area contributed by atoms with E-state index in [2.05, 4.69) is 15.1 Å². The van der Waals surface area contributed by atoms with Gasteiger partial charge in [0.1, 0.15) is 17.2 Å². The molecule has 0 bridgehead atoms. The molecule has 0 saturated carbocycles. The highest BCUT2D eigenvalue weighted by atomic mass is 19.1. The second-order valence-corrected chi connectivity index (χ2v) is 8.87. The lowest BCUT2D eigenvalue weighted by molar-refractivity contribution is 0.0663. The number of carbonyl (C=O) groups is 1. The average Bonchev–Trinajstić information content (AvgIpc) is 3.34. The molecule has 7 nitrogen and oxygen atoms in total. The Kier molecular flexibility index (Phi) is 5.32. The minimum absolute atomic E-state index is 0.284. The summed E-state index contributed by atoms with van der Waals surface area (Å²) < 4.78 is 30.5. The van der Waals surface area contributed by atoms with Gasteiger partial charge in [0.2, 0.25) is 5.95 Å². The number of anilines is 1. The molecule has 3 aromatic carbocycles. The summed E-state index contributed by atoms with van der Waals surface area (Å²) in [4.78, 5) is 21.6. The van der Waals surface area contributed by atoms with Gasteiger partial charge in [0.05, 0.1) is 5.52 Å². The second kappa shape index (κ2) is 8.67. The zero-order valence-corrected chi connectivity index (χ0v) is 19.5. The standard InChI is InChI=1S/C27H22F2N6O/c1-17-16-33(14-15-34(17)26(36)23-20(28)11-7-12-21(23)29)27-30-22-13-6-5-10-19(22)25-32-31-24(35(25)27)18-8-3-2-4-9-18/h2-13,17H,14-16H2,1H3. The van der Waals surface area contributed by atoms with Crippen molar-refractivity contribution in [3.63, 3.8) is 0 Å². The number of benzene rings is 3. The van der Waals surface area contributed by atoms with Crippen LogP contribution in [0.1, 0.15) is 17.3 Å². The topological polar surface area (TPSA) is 66.6 Å². The number of hydrogen-bond acceptors (Lipinski definition) is 5. The highest BCUT2D eigenvalue weighted by Gasteiger charge is 2.33. The maximum Gasteiger partial charge on any atom is 0.260 e. The van der Waals surface area contributed by atoms with Crippen molar-refractivity contribution in [3.05, 3.63) is 90.0 Å². The third kappa shape index (κ3) is 3.55. The van der Waals surface area contributed by atoms with Crippen molar-refractivity contribution in [2.24, 2.45) is 0 Å². The summed E-state index contributed by atoms with van der Waals surface area (Å²) in [6.45, 7) is 3.01. The molecule has 1 saturated heterocycles. The van der Waals surface area contributed by atoms with E-state index in [0.29, 0.717) is 30.5 Å². The molecule has 0 aliphatic carbocycles. The minimum atomic E-state index is -0.857. The first-order valence-electron chi connectivity index (χ1n) is 11.7. The number of fused-ring (bicyclic) bond motifs is 3. The van der Waals surface area contributed by atoms with Crippen LogP contribution in [0.2, 0.25) is 0 Å². The van der Waals surface area contributed by atoms with Gasteiger partial charge in [0.15, 0.2) is 11.5 Å². The smallest absolute Gasteiger partial charge is 0.260 e. The lowest BCUT2D eigenvalue weighted by Gasteiger charge is -2.40. The molecule has 36 heavy (non-hydrogen) atoms. The van der Waals surface area contributed by atoms with Gasteiger partial charge in [-0.15, -0.1) is 10.2 Å². The monoisotopic (exact) mass is 484 g/mol. The lowest BCUT2D eigenvalue weighted by Crippen LogP contribution is -2.55.